The Labute approximate surface area is 168 Å². The first-order chi connectivity index (χ1) is 13.0. The maximum atomic E-state index is 13.1. The van der Waals surface area contributed by atoms with Crippen LogP contribution in [0.5, 0.6) is 5.75 Å². The van der Waals surface area contributed by atoms with Gasteiger partial charge in [0.05, 0.1) is 12.0 Å². The summed E-state index contributed by atoms with van der Waals surface area (Å²) in [5, 5.41) is 0.610. The van der Waals surface area contributed by atoms with Gasteiger partial charge >= 0.3 is 0 Å². The standard InChI is InChI=1S/C23H19ClO2S/c1-16-3-13-21(14-4-16)27-22(15-17-5-11-20(26-2)12-6-17)23(25)18-7-9-19(24)10-8-18/h3-15H,1-2H3/b22-15+. The van der Waals surface area contributed by atoms with Crippen LogP contribution in [0.1, 0.15) is 21.5 Å². The third-order valence-electron chi connectivity index (χ3n) is 3.99. The number of ether oxygens (including phenoxy) is 1. The van der Waals surface area contributed by atoms with Crippen molar-refractivity contribution in [1.29, 1.82) is 0 Å². The monoisotopic (exact) mass is 394 g/mol. The molecule has 3 rings (SSSR count). The van der Waals surface area contributed by atoms with E-state index in [1.807, 2.05) is 61.5 Å². The Hall–Kier alpha value is -2.49. The van der Waals surface area contributed by atoms with Crippen LogP contribution in [-0.2, 0) is 0 Å². The van der Waals surface area contributed by atoms with Gasteiger partial charge in [-0.05, 0) is 67.1 Å². The fraction of sp³-hybridized carbons (Fsp3) is 0.0870. The van der Waals surface area contributed by atoms with Gasteiger partial charge in [-0.3, -0.25) is 4.79 Å². The smallest absolute Gasteiger partial charge is 0.199 e. The van der Waals surface area contributed by atoms with Gasteiger partial charge in [0.1, 0.15) is 5.75 Å². The fourth-order valence-electron chi connectivity index (χ4n) is 2.47. The summed E-state index contributed by atoms with van der Waals surface area (Å²) in [6.45, 7) is 2.04. The van der Waals surface area contributed by atoms with Gasteiger partial charge in [0.15, 0.2) is 5.78 Å². The molecule has 4 heteroatoms. The van der Waals surface area contributed by atoms with Crippen LogP contribution in [-0.4, -0.2) is 12.9 Å². The van der Waals surface area contributed by atoms with Crippen molar-refractivity contribution in [3.05, 3.63) is 99.4 Å². The van der Waals surface area contributed by atoms with Crippen LogP contribution in [0.4, 0.5) is 0 Å². The van der Waals surface area contributed by atoms with Gasteiger partial charge < -0.3 is 4.74 Å². The summed E-state index contributed by atoms with van der Waals surface area (Å²) in [7, 11) is 1.63. The van der Waals surface area contributed by atoms with Crippen LogP contribution in [0, 0.1) is 6.92 Å². The van der Waals surface area contributed by atoms with Gasteiger partial charge in [-0.2, -0.15) is 0 Å². The van der Waals surface area contributed by atoms with Crippen molar-refractivity contribution in [2.75, 3.05) is 7.11 Å². The lowest BCUT2D eigenvalue weighted by atomic mass is 10.1. The second-order valence-electron chi connectivity index (χ2n) is 6.03. The maximum Gasteiger partial charge on any atom is 0.199 e. The second kappa shape index (κ2) is 8.94. The number of hydrogen-bond acceptors (Lipinski definition) is 3. The summed E-state index contributed by atoms with van der Waals surface area (Å²) in [5.41, 5.74) is 2.73. The lowest BCUT2D eigenvalue weighted by Gasteiger charge is -2.08. The Morgan fingerprint density at radius 2 is 1.56 bits per heavy atom. The number of halogens is 1. The quantitative estimate of drug-likeness (QED) is 0.265. The summed E-state index contributed by atoms with van der Waals surface area (Å²) < 4.78 is 5.20. The van der Waals surface area contributed by atoms with Crippen molar-refractivity contribution in [3.63, 3.8) is 0 Å². The highest BCUT2D eigenvalue weighted by Gasteiger charge is 2.14. The number of Topliss-reactive ketones (excluding diaryl/α,β-unsaturated/α-hetero) is 1. The van der Waals surface area contributed by atoms with E-state index in [4.69, 9.17) is 16.3 Å². The molecule has 0 spiro atoms. The highest BCUT2D eigenvalue weighted by atomic mass is 35.5. The fourth-order valence-corrected chi connectivity index (χ4v) is 3.53. The van der Waals surface area contributed by atoms with Crippen molar-refractivity contribution in [1.82, 2.24) is 0 Å². The molecular weight excluding hydrogens is 376 g/mol. The summed E-state index contributed by atoms with van der Waals surface area (Å²) in [6.07, 6.45) is 1.90. The van der Waals surface area contributed by atoms with Crippen molar-refractivity contribution in [2.45, 2.75) is 11.8 Å². The minimum atomic E-state index is -0.0342. The van der Waals surface area contributed by atoms with Crippen molar-refractivity contribution >= 4 is 35.2 Å². The minimum absolute atomic E-state index is 0.0342. The van der Waals surface area contributed by atoms with E-state index in [1.54, 1.807) is 31.4 Å². The molecule has 0 radical (unpaired) electrons. The van der Waals surface area contributed by atoms with Crippen molar-refractivity contribution < 1.29 is 9.53 Å². The molecule has 0 saturated carbocycles. The zero-order valence-electron chi connectivity index (χ0n) is 15.1. The van der Waals surface area contributed by atoms with E-state index in [1.165, 1.54) is 17.3 Å². The molecule has 0 aliphatic rings. The molecule has 0 aromatic heterocycles. The number of carbonyl (C=O) groups excluding carboxylic acids is 1. The molecule has 0 amide bonds. The van der Waals surface area contributed by atoms with Gasteiger partial charge in [0.25, 0.3) is 0 Å². The van der Waals surface area contributed by atoms with Crippen LogP contribution in [0.25, 0.3) is 6.08 Å². The Morgan fingerprint density at radius 1 is 0.926 bits per heavy atom. The SMILES string of the molecule is COc1ccc(/C=C(/Sc2ccc(C)cc2)C(=O)c2ccc(Cl)cc2)cc1. The normalized spacial score (nSPS) is 11.3. The number of carbonyl (C=O) groups is 1. The minimum Gasteiger partial charge on any atom is -0.497 e. The molecule has 3 aromatic rings. The first-order valence-corrected chi connectivity index (χ1v) is 9.65. The second-order valence-corrected chi connectivity index (χ2v) is 7.58. The Morgan fingerprint density at radius 3 is 2.15 bits per heavy atom. The van der Waals surface area contributed by atoms with E-state index in [9.17, 15) is 4.79 Å². The topological polar surface area (TPSA) is 26.3 Å². The van der Waals surface area contributed by atoms with Crippen LogP contribution in [0.2, 0.25) is 5.02 Å². The van der Waals surface area contributed by atoms with E-state index in [2.05, 4.69) is 0 Å². The molecule has 136 valence electrons. The highest BCUT2D eigenvalue weighted by molar-refractivity contribution is 8.04. The third kappa shape index (κ3) is 5.25. The Kier molecular flexibility index (Phi) is 6.38. The van der Waals surface area contributed by atoms with Gasteiger partial charge in [0.2, 0.25) is 0 Å². The average molecular weight is 395 g/mol. The number of hydrogen-bond donors (Lipinski definition) is 0. The van der Waals surface area contributed by atoms with Crippen molar-refractivity contribution in [3.8, 4) is 5.75 Å². The number of allylic oxidation sites excluding steroid dienone is 1. The third-order valence-corrected chi connectivity index (χ3v) is 5.28. The lowest BCUT2D eigenvalue weighted by Crippen LogP contribution is -2.01. The van der Waals surface area contributed by atoms with Crippen LogP contribution in [0.15, 0.2) is 82.6 Å². The van der Waals surface area contributed by atoms with Crippen LogP contribution in [0.3, 0.4) is 0 Å². The van der Waals surface area contributed by atoms with Gasteiger partial charge in [-0.15, -0.1) is 0 Å². The van der Waals surface area contributed by atoms with E-state index >= 15 is 0 Å². The molecule has 2 nitrogen and oxygen atoms in total. The van der Waals surface area contributed by atoms with Gasteiger partial charge in [-0.25, -0.2) is 0 Å². The van der Waals surface area contributed by atoms with Gasteiger partial charge in [0, 0.05) is 15.5 Å². The maximum absolute atomic E-state index is 13.1. The van der Waals surface area contributed by atoms with E-state index < -0.39 is 0 Å². The first kappa shape index (κ1) is 19.3. The number of aryl methyl sites for hydroxylation is 1. The molecule has 0 heterocycles. The highest BCUT2D eigenvalue weighted by Crippen LogP contribution is 2.31. The molecule has 0 saturated heterocycles. The number of thioether (sulfide) groups is 1. The largest absolute Gasteiger partial charge is 0.497 e. The zero-order valence-corrected chi connectivity index (χ0v) is 16.7. The summed E-state index contributed by atoms with van der Waals surface area (Å²) in [6, 6.07) is 22.7. The first-order valence-electron chi connectivity index (χ1n) is 8.46. The molecule has 0 atom stereocenters. The lowest BCUT2D eigenvalue weighted by molar-refractivity contribution is 0.104. The molecule has 27 heavy (non-hydrogen) atoms. The number of ketones is 1. The predicted molar refractivity (Wildman–Crippen MR) is 114 cm³/mol. The van der Waals surface area contributed by atoms with E-state index in [-0.39, 0.29) is 5.78 Å². The van der Waals surface area contributed by atoms with Crippen LogP contribution >= 0.6 is 23.4 Å². The number of rotatable bonds is 6. The van der Waals surface area contributed by atoms with E-state index in [0.717, 1.165) is 16.2 Å². The molecule has 0 fully saturated rings. The van der Waals surface area contributed by atoms with Crippen molar-refractivity contribution in [2.24, 2.45) is 0 Å². The number of benzene rings is 3. The Bertz CT molecular complexity index is 943. The Balaban J connectivity index is 1.96. The molecule has 0 aliphatic carbocycles. The molecule has 0 bridgehead atoms. The number of methoxy groups -OCH3 is 1. The summed E-state index contributed by atoms with van der Waals surface area (Å²) in [4.78, 5) is 14.8. The molecule has 0 N–H and O–H groups in total. The summed E-state index contributed by atoms with van der Waals surface area (Å²) in [5.74, 6) is 0.747. The average Bonchev–Trinajstić information content (AvgIpc) is 2.70. The van der Waals surface area contributed by atoms with Crippen LogP contribution < -0.4 is 4.74 Å². The predicted octanol–water partition coefficient (Wildman–Crippen LogP) is 6.67. The molecule has 0 aliphatic heterocycles. The van der Waals surface area contributed by atoms with E-state index in [0.29, 0.717) is 15.5 Å². The summed E-state index contributed by atoms with van der Waals surface area (Å²) >= 11 is 7.41. The molecular formula is C23H19ClO2S. The molecule has 0 unspecified atom stereocenters. The van der Waals surface area contributed by atoms with Gasteiger partial charge in [-0.1, -0.05) is 53.2 Å². The molecule has 3 aromatic carbocycles. The zero-order chi connectivity index (χ0) is 19.2.